The zero-order chi connectivity index (χ0) is 28.6. The number of ether oxygens (including phenoxy) is 1. The van der Waals surface area contributed by atoms with Gasteiger partial charge in [0.25, 0.3) is 0 Å². The van der Waals surface area contributed by atoms with Gasteiger partial charge in [-0.3, -0.25) is 4.98 Å². The minimum absolute atomic E-state index is 0.792. The molecule has 2 heteroatoms. The number of pyridine rings is 1. The number of nitrogens with zero attached hydrogens (tertiary/aromatic N) is 1. The van der Waals surface area contributed by atoms with Gasteiger partial charge in [-0.15, -0.1) is 0 Å². The third kappa shape index (κ3) is 4.50. The van der Waals surface area contributed by atoms with Gasteiger partial charge in [0.2, 0.25) is 0 Å². The molecule has 202 valence electrons. The van der Waals surface area contributed by atoms with Gasteiger partial charge in [-0.2, -0.15) is 0 Å². The maximum Gasteiger partial charge on any atom is 0.143 e. The fourth-order valence-electron chi connectivity index (χ4n) is 6.18. The first-order valence-corrected chi connectivity index (χ1v) is 14.5. The Bertz CT molecular complexity index is 2200. The first kappa shape index (κ1) is 25.0. The van der Waals surface area contributed by atoms with Crippen molar-refractivity contribution in [2.75, 3.05) is 0 Å². The summed E-state index contributed by atoms with van der Waals surface area (Å²) in [7, 11) is 0. The molecule has 7 aromatic carbocycles. The Kier molecular flexibility index (Phi) is 6.16. The maximum absolute atomic E-state index is 6.89. The van der Waals surface area contributed by atoms with Crippen LogP contribution in [0.3, 0.4) is 0 Å². The topological polar surface area (TPSA) is 22.1 Å². The first-order chi connectivity index (χ1) is 21.3. The van der Waals surface area contributed by atoms with E-state index in [-0.39, 0.29) is 0 Å². The van der Waals surface area contributed by atoms with Crippen molar-refractivity contribution in [3.8, 4) is 44.9 Å². The molecule has 0 aliphatic rings. The summed E-state index contributed by atoms with van der Waals surface area (Å²) in [5, 5.41) is 6.75. The van der Waals surface area contributed by atoms with Gasteiger partial charge in [0.1, 0.15) is 11.5 Å². The zero-order valence-corrected chi connectivity index (χ0v) is 23.4. The Morgan fingerprint density at radius 3 is 1.86 bits per heavy atom. The van der Waals surface area contributed by atoms with Gasteiger partial charge in [-0.25, -0.2) is 0 Å². The van der Waals surface area contributed by atoms with Crippen molar-refractivity contribution in [3.63, 3.8) is 0 Å². The van der Waals surface area contributed by atoms with E-state index < -0.39 is 0 Å². The molecule has 0 atom stereocenters. The fourth-order valence-corrected chi connectivity index (χ4v) is 6.18. The van der Waals surface area contributed by atoms with Crippen molar-refractivity contribution in [1.29, 1.82) is 0 Å². The van der Waals surface area contributed by atoms with E-state index in [9.17, 15) is 0 Å². The quantitative estimate of drug-likeness (QED) is 0.199. The Balaban J connectivity index is 1.33. The SMILES string of the molecule is c1ccc(-c2ccc(Oc3c4ccccc4c(-c4ccc5ccccc5c4)c4cnccc34)cc2-c2ccccc2)cc1. The van der Waals surface area contributed by atoms with E-state index in [4.69, 9.17) is 4.74 Å². The summed E-state index contributed by atoms with van der Waals surface area (Å²) < 4.78 is 6.89. The minimum Gasteiger partial charge on any atom is -0.456 e. The van der Waals surface area contributed by atoms with E-state index in [1.54, 1.807) is 0 Å². The summed E-state index contributed by atoms with van der Waals surface area (Å²) in [5.41, 5.74) is 6.96. The van der Waals surface area contributed by atoms with Crippen LogP contribution in [0.4, 0.5) is 0 Å². The van der Waals surface area contributed by atoms with Crippen LogP contribution in [0.15, 0.2) is 164 Å². The number of rotatable bonds is 5. The molecule has 0 saturated heterocycles. The van der Waals surface area contributed by atoms with Gasteiger partial charge in [0.15, 0.2) is 0 Å². The smallest absolute Gasteiger partial charge is 0.143 e. The molecule has 0 amide bonds. The van der Waals surface area contributed by atoms with Gasteiger partial charge >= 0.3 is 0 Å². The van der Waals surface area contributed by atoms with Crippen LogP contribution in [0.5, 0.6) is 11.5 Å². The molecule has 0 bridgehead atoms. The number of fused-ring (bicyclic) bond motifs is 3. The van der Waals surface area contributed by atoms with Crippen LogP contribution >= 0.6 is 0 Å². The van der Waals surface area contributed by atoms with E-state index in [0.717, 1.165) is 49.7 Å². The molecule has 8 rings (SSSR count). The predicted molar refractivity (Wildman–Crippen MR) is 180 cm³/mol. The molecule has 2 nitrogen and oxygen atoms in total. The summed E-state index contributed by atoms with van der Waals surface area (Å²) in [6.07, 6.45) is 3.81. The van der Waals surface area contributed by atoms with Crippen molar-refractivity contribution < 1.29 is 4.74 Å². The van der Waals surface area contributed by atoms with Crippen LogP contribution in [0, 0.1) is 0 Å². The molecule has 1 heterocycles. The largest absolute Gasteiger partial charge is 0.456 e. The highest BCUT2D eigenvalue weighted by molar-refractivity contribution is 6.17. The fraction of sp³-hybridized carbons (Fsp3) is 0. The van der Waals surface area contributed by atoms with Gasteiger partial charge in [-0.05, 0) is 73.8 Å². The normalized spacial score (nSPS) is 11.3. The summed E-state index contributed by atoms with van der Waals surface area (Å²) in [4.78, 5) is 4.56. The molecule has 0 saturated carbocycles. The van der Waals surface area contributed by atoms with E-state index in [2.05, 4.69) is 157 Å². The Morgan fingerprint density at radius 2 is 1.07 bits per heavy atom. The van der Waals surface area contributed by atoms with Crippen LogP contribution in [0.1, 0.15) is 0 Å². The van der Waals surface area contributed by atoms with Crippen molar-refractivity contribution >= 4 is 32.3 Å². The molecule has 0 aliphatic carbocycles. The number of benzene rings is 7. The summed E-state index contributed by atoms with van der Waals surface area (Å²) in [5.74, 6) is 1.63. The van der Waals surface area contributed by atoms with E-state index in [0.29, 0.717) is 0 Å². The van der Waals surface area contributed by atoms with E-state index >= 15 is 0 Å². The van der Waals surface area contributed by atoms with Crippen molar-refractivity contribution in [2.24, 2.45) is 0 Å². The molecular weight excluding hydrogens is 522 g/mol. The first-order valence-electron chi connectivity index (χ1n) is 14.5. The highest BCUT2D eigenvalue weighted by Crippen LogP contribution is 2.45. The minimum atomic E-state index is 0.792. The van der Waals surface area contributed by atoms with Crippen LogP contribution in [0.2, 0.25) is 0 Å². The number of hydrogen-bond donors (Lipinski definition) is 0. The second-order valence-corrected chi connectivity index (χ2v) is 10.8. The molecule has 43 heavy (non-hydrogen) atoms. The molecule has 8 aromatic rings. The lowest BCUT2D eigenvalue weighted by molar-refractivity contribution is 0.494. The van der Waals surface area contributed by atoms with Crippen LogP contribution in [0.25, 0.3) is 65.7 Å². The average molecular weight is 550 g/mol. The average Bonchev–Trinajstić information content (AvgIpc) is 3.09. The van der Waals surface area contributed by atoms with Crippen molar-refractivity contribution in [2.45, 2.75) is 0 Å². The molecular formula is C41H27NO. The van der Waals surface area contributed by atoms with Gasteiger partial charge < -0.3 is 4.74 Å². The third-order valence-corrected chi connectivity index (χ3v) is 8.19. The molecule has 0 N–H and O–H groups in total. The molecule has 0 radical (unpaired) electrons. The number of hydrogen-bond acceptors (Lipinski definition) is 2. The van der Waals surface area contributed by atoms with E-state index in [1.807, 2.05) is 12.4 Å². The lowest BCUT2D eigenvalue weighted by Crippen LogP contribution is -1.94. The Morgan fingerprint density at radius 1 is 0.419 bits per heavy atom. The second kappa shape index (κ2) is 10.6. The highest BCUT2D eigenvalue weighted by Gasteiger charge is 2.18. The summed E-state index contributed by atoms with van der Waals surface area (Å²) >= 11 is 0. The van der Waals surface area contributed by atoms with Crippen LogP contribution < -0.4 is 4.74 Å². The second-order valence-electron chi connectivity index (χ2n) is 10.8. The van der Waals surface area contributed by atoms with Gasteiger partial charge in [0.05, 0.1) is 0 Å². The predicted octanol–water partition coefficient (Wildman–Crippen LogP) is 11.3. The highest BCUT2D eigenvalue weighted by atomic mass is 16.5. The lowest BCUT2D eigenvalue weighted by atomic mass is 9.91. The molecule has 0 unspecified atom stereocenters. The Labute approximate surface area is 250 Å². The summed E-state index contributed by atoms with van der Waals surface area (Å²) in [6.45, 7) is 0. The van der Waals surface area contributed by atoms with Crippen LogP contribution in [-0.4, -0.2) is 4.98 Å². The Hall–Kier alpha value is -5.73. The van der Waals surface area contributed by atoms with Crippen molar-refractivity contribution in [3.05, 3.63) is 164 Å². The number of aromatic nitrogens is 1. The van der Waals surface area contributed by atoms with E-state index in [1.165, 1.54) is 27.5 Å². The third-order valence-electron chi connectivity index (χ3n) is 8.19. The molecule has 0 spiro atoms. The molecule has 1 aromatic heterocycles. The monoisotopic (exact) mass is 549 g/mol. The van der Waals surface area contributed by atoms with Gasteiger partial charge in [-0.1, -0.05) is 127 Å². The lowest BCUT2D eigenvalue weighted by Gasteiger charge is -2.19. The maximum atomic E-state index is 6.89. The molecule has 0 aliphatic heterocycles. The molecule has 0 fully saturated rings. The standard InChI is InChI=1S/C41H27NO/c1-3-12-29(13-4-1)34-22-21-33(26-38(34)30-14-5-2-6-15-30)43-41-36-18-10-9-17-35(36)40(39-27-42-24-23-37(39)41)32-20-19-28-11-7-8-16-31(28)25-32/h1-27H. The zero-order valence-electron chi connectivity index (χ0n) is 23.4. The summed E-state index contributed by atoms with van der Waals surface area (Å²) in [6, 6.07) is 53.2. The van der Waals surface area contributed by atoms with Crippen LogP contribution in [-0.2, 0) is 0 Å². The van der Waals surface area contributed by atoms with Gasteiger partial charge in [0, 0.05) is 28.6 Å². The van der Waals surface area contributed by atoms with Crippen molar-refractivity contribution in [1.82, 2.24) is 4.98 Å².